The van der Waals surface area contributed by atoms with Crippen molar-refractivity contribution in [3.63, 3.8) is 0 Å². The summed E-state index contributed by atoms with van der Waals surface area (Å²) in [4.78, 5) is 16.5. The van der Waals surface area contributed by atoms with E-state index in [0.29, 0.717) is 19.1 Å². The van der Waals surface area contributed by atoms with E-state index in [4.69, 9.17) is 10.5 Å². The lowest BCUT2D eigenvalue weighted by Crippen LogP contribution is -2.14. The molecule has 4 heteroatoms. The van der Waals surface area contributed by atoms with Crippen molar-refractivity contribution in [3.8, 4) is 0 Å². The first-order valence-corrected chi connectivity index (χ1v) is 8.83. The molecule has 0 unspecified atom stereocenters. The molecule has 2 N–H and O–H groups in total. The summed E-state index contributed by atoms with van der Waals surface area (Å²) in [5.74, 6) is 0.497. The maximum atomic E-state index is 12.0. The molecule has 2 rings (SSSR count). The largest absolute Gasteiger partial charge is 0.461 e. The summed E-state index contributed by atoms with van der Waals surface area (Å²) in [7, 11) is 0. The standard InChI is InChI=1S/C20H28N2O2/c1-16(20(23)24-15-17-10-3-2-4-11-17)9-5-6-12-18-13-7-8-14-19(21)22-18/h2-6,10-11,16,18H,7-9,12-15H2,1H3,(H2,21,22)/t16-,18-/m0/s1. The molecule has 0 bridgehead atoms. The fourth-order valence-electron chi connectivity index (χ4n) is 2.74. The van der Waals surface area contributed by atoms with Crippen LogP contribution in [0, 0.1) is 5.92 Å². The van der Waals surface area contributed by atoms with Gasteiger partial charge in [-0.05, 0) is 31.2 Å². The number of benzene rings is 1. The van der Waals surface area contributed by atoms with Gasteiger partial charge in [0.15, 0.2) is 0 Å². The summed E-state index contributed by atoms with van der Waals surface area (Å²) < 4.78 is 5.36. The first-order valence-electron chi connectivity index (χ1n) is 8.83. The Balaban J connectivity index is 1.68. The van der Waals surface area contributed by atoms with E-state index in [9.17, 15) is 4.79 Å². The van der Waals surface area contributed by atoms with Crippen molar-refractivity contribution in [1.29, 1.82) is 0 Å². The molecule has 0 spiro atoms. The molecule has 0 aliphatic carbocycles. The molecule has 1 aliphatic rings. The number of hydrogen-bond acceptors (Lipinski definition) is 4. The number of nitrogens with zero attached hydrogens (tertiary/aromatic N) is 1. The Labute approximate surface area is 144 Å². The molecule has 0 saturated heterocycles. The lowest BCUT2D eigenvalue weighted by Gasteiger charge is -2.10. The van der Waals surface area contributed by atoms with Crippen LogP contribution in [0.15, 0.2) is 47.5 Å². The number of carbonyl (C=O) groups excluding carboxylic acids is 1. The predicted octanol–water partition coefficient (Wildman–Crippen LogP) is 4.00. The third kappa shape index (κ3) is 6.57. The highest BCUT2D eigenvalue weighted by Crippen LogP contribution is 2.16. The summed E-state index contributed by atoms with van der Waals surface area (Å²) in [6.45, 7) is 2.24. The van der Waals surface area contributed by atoms with Crippen LogP contribution >= 0.6 is 0 Å². The molecule has 1 aliphatic heterocycles. The summed E-state index contributed by atoms with van der Waals surface area (Å²) in [6.07, 6.45) is 10.1. The highest BCUT2D eigenvalue weighted by atomic mass is 16.5. The third-order valence-electron chi connectivity index (χ3n) is 4.26. The van der Waals surface area contributed by atoms with Gasteiger partial charge in [0.1, 0.15) is 6.61 Å². The number of allylic oxidation sites excluding steroid dienone is 1. The fourth-order valence-corrected chi connectivity index (χ4v) is 2.74. The quantitative estimate of drug-likeness (QED) is 0.608. The second kappa shape index (κ2) is 9.91. The molecule has 130 valence electrons. The van der Waals surface area contributed by atoms with Crippen LogP contribution in [0.5, 0.6) is 0 Å². The first kappa shape index (κ1) is 18.2. The van der Waals surface area contributed by atoms with E-state index in [1.165, 1.54) is 6.42 Å². The summed E-state index contributed by atoms with van der Waals surface area (Å²) in [6, 6.07) is 10.0. The van der Waals surface area contributed by atoms with Gasteiger partial charge in [-0.3, -0.25) is 9.79 Å². The van der Waals surface area contributed by atoms with Crippen molar-refractivity contribution in [3.05, 3.63) is 48.0 Å². The van der Waals surface area contributed by atoms with E-state index >= 15 is 0 Å². The second-order valence-corrected chi connectivity index (χ2v) is 6.46. The van der Waals surface area contributed by atoms with E-state index in [1.807, 2.05) is 37.3 Å². The number of aliphatic imine (C=N–C) groups is 1. The Kier molecular flexibility index (Phi) is 7.53. The summed E-state index contributed by atoms with van der Waals surface area (Å²) in [5.41, 5.74) is 6.87. The zero-order valence-electron chi connectivity index (χ0n) is 14.5. The number of nitrogens with two attached hydrogens (primary N) is 1. The average Bonchev–Trinajstić information content (AvgIpc) is 2.81. The normalized spacial score (nSPS) is 19.5. The molecule has 4 nitrogen and oxygen atoms in total. The van der Waals surface area contributed by atoms with Gasteiger partial charge in [-0.25, -0.2) is 0 Å². The topological polar surface area (TPSA) is 64.7 Å². The fraction of sp³-hybridized carbons (Fsp3) is 0.500. The van der Waals surface area contributed by atoms with E-state index in [0.717, 1.165) is 37.1 Å². The molecule has 0 aromatic heterocycles. The van der Waals surface area contributed by atoms with Crippen molar-refractivity contribution in [2.75, 3.05) is 0 Å². The number of hydrogen-bond donors (Lipinski definition) is 1. The van der Waals surface area contributed by atoms with Crippen molar-refractivity contribution in [2.45, 2.75) is 58.1 Å². The molecule has 2 atom stereocenters. The Bertz CT molecular complexity index is 566. The lowest BCUT2D eigenvalue weighted by atomic mass is 10.0. The molecule has 0 fully saturated rings. The van der Waals surface area contributed by atoms with Crippen molar-refractivity contribution >= 4 is 11.8 Å². The highest BCUT2D eigenvalue weighted by molar-refractivity contribution is 5.80. The van der Waals surface area contributed by atoms with Gasteiger partial charge in [-0.1, -0.05) is 55.8 Å². The lowest BCUT2D eigenvalue weighted by molar-refractivity contribution is -0.149. The Morgan fingerprint density at radius 2 is 2.12 bits per heavy atom. The minimum Gasteiger partial charge on any atom is -0.461 e. The van der Waals surface area contributed by atoms with Gasteiger partial charge in [-0.2, -0.15) is 0 Å². The molecule has 1 heterocycles. The molecular formula is C20H28N2O2. The van der Waals surface area contributed by atoms with Crippen LogP contribution < -0.4 is 5.73 Å². The van der Waals surface area contributed by atoms with Gasteiger partial charge >= 0.3 is 5.97 Å². The molecule has 1 aromatic rings. The monoisotopic (exact) mass is 328 g/mol. The van der Waals surface area contributed by atoms with Crippen molar-refractivity contribution in [2.24, 2.45) is 16.6 Å². The maximum absolute atomic E-state index is 12.0. The predicted molar refractivity (Wildman–Crippen MR) is 97.7 cm³/mol. The van der Waals surface area contributed by atoms with Crippen LogP contribution in [-0.4, -0.2) is 17.8 Å². The van der Waals surface area contributed by atoms with Crippen molar-refractivity contribution in [1.82, 2.24) is 0 Å². The Morgan fingerprint density at radius 3 is 2.92 bits per heavy atom. The molecular weight excluding hydrogens is 300 g/mol. The Hall–Kier alpha value is -2.10. The molecule has 24 heavy (non-hydrogen) atoms. The molecule has 0 saturated carbocycles. The van der Waals surface area contributed by atoms with Gasteiger partial charge in [0.05, 0.1) is 17.8 Å². The van der Waals surface area contributed by atoms with E-state index in [-0.39, 0.29) is 11.9 Å². The number of carbonyl (C=O) groups is 1. The minimum absolute atomic E-state index is 0.132. The van der Waals surface area contributed by atoms with Gasteiger partial charge in [0.25, 0.3) is 0 Å². The first-order chi connectivity index (χ1) is 11.6. The van der Waals surface area contributed by atoms with E-state index < -0.39 is 0 Å². The van der Waals surface area contributed by atoms with Crippen LogP contribution in [0.25, 0.3) is 0 Å². The van der Waals surface area contributed by atoms with Crippen LogP contribution in [0.4, 0.5) is 0 Å². The second-order valence-electron chi connectivity index (χ2n) is 6.46. The van der Waals surface area contributed by atoms with E-state index in [2.05, 4.69) is 17.1 Å². The van der Waals surface area contributed by atoms with Crippen LogP contribution in [0.2, 0.25) is 0 Å². The highest BCUT2D eigenvalue weighted by Gasteiger charge is 2.13. The maximum Gasteiger partial charge on any atom is 0.309 e. The summed E-state index contributed by atoms with van der Waals surface area (Å²) >= 11 is 0. The number of esters is 1. The number of amidine groups is 1. The van der Waals surface area contributed by atoms with Crippen molar-refractivity contribution < 1.29 is 9.53 Å². The Morgan fingerprint density at radius 1 is 1.33 bits per heavy atom. The molecule has 0 amide bonds. The summed E-state index contributed by atoms with van der Waals surface area (Å²) in [5, 5.41) is 0. The minimum atomic E-state index is -0.153. The van der Waals surface area contributed by atoms with Gasteiger partial charge in [0, 0.05) is 6.42 Å². The molecule has 0 radical (unpaired) electrons. The molecule has 1 aromatic carbocycles. The smallest absolute Gasteiger partial charge is 0.309 e. The average molecular weight is 328 g/mol. The van der Waals surface area contributed by atoms with Gasteiger partial charge in [0.2, 0.25) is 0 Å². The van der Waals surface area contributed by atoms with Gasteiger partial charge in [-0.15, -0.1) is 0 Å². The zero-order valence-corrected chi connectivity index (χ0v) is 14.5. The third-order valence-corrected chi connectivity index (χ3v) is 4.26. The van der Waals surface area contributed by atoms with Gasteiger partial charge < -0.3 is 10.5 Å². The zero-order chi connectivity index (χ0) is 17.2. The number of ether oxygens (including phenoxy) is 1. The SMILES string of the molecule is C[C@@H](CC=CC[C@H]1CCCCC(N)=N1)C(=O)OCc1ccccc1. The number of rotatable bonds is 7. The van der Waals surface area contributed by atoms with Crippen LogP contribution in [0.3, 0.4) is 0 Å². The van der Waals surface area contributed by atoms with Crippen LogP contribution in [0.1, 0.15) is 51.0 Å². The van der Waals surface area contributed by atoms with E-state index in [1.54, 1.807) is 0 Å². The van der Waals surface area contributed by atoms with Crippen LogP contribution in [-0.2, 0) is 16.1 Å².